The Labute approximate surface area is 87.3 Å². The van der Waals surface area contributed by atoms with Crippen LogP contribution in [-0.2, 0) is 0 Å². The molecule has 3 nitrogen and oxygen atoms in total. The summed E-state index contributed by atoms with van der Waals surface area (Å²) in [4.78, 5) is 4.69. The first-order valence-electron chi connectivity index (χ1n) is 5.46. The number of likely N-dealkylation sites (tertiary alicyclic amines) is 1. The molecule has 1 rings (SSSR count). The molecule has 80 valence electrons. The summed E-state index contributed by atoms with van der Waals surface area (Å²) in [7, 11) is 4.28. The third kappa shape index (κ3) is 4.08. The van der Waals surface area contributed by atoms with Crippen molar-refractivity contribution in [2.24, 2.45) is 5.92 Å². The first-order valence-corrected chi connectivity index (χ1v) is 5.46. The molecular formula is C11H21N3. The number of hydrogen-bond donors (Lipinski definition) is 0. The second-order valence-corrected chi connectivity index (χ2v) is 4.46. The quantitative estimate of drug-likeness (QED) is 0.674. The molecule has 0 aromatic carbocycles. The topological polar surface area (TPSA) is 30.3 Å². The fraction of sp³-hybridized carbons (Fsp3) is 0.909. The van der Waals surface area contributed by atoms with Crippen LogP contribution in [0, 0.1) is 17.2 Å². The zero-order valence-electron chi connectivity index (χ0n) is 9.37. The number of hydrogen-bond acceptors (Lipinski definition) is 3. The highest BCUT2D eigenvalue weighted by Crippen LogP contribution is 2.17. The van der Waals surface area contributed by atoms with Gasteiger partial charge in [-0.15, -0.1) is 0 Å². The van der Waals surface area contributed by atoms with E-state index in [4.69, 9.17) is 5.26 Å². The fourth-order valence-corrected chi connectivity index (χ4v) is 2.12. The van der Waals surface area contributed by atoms with Gasteiger partial charge >= 0.3 is 0 Å². The molecule has 1 fully saturated rings. The van der Waals surface area contributed by atoms with Gasteiger partial charge in [0.1, 0.15) is 0 Å². The standard InChI is InChI=1S/C11H21N3/c1-13(2)10-11-4-8-14(9-5-11)7-3-6-12/h11H,3-5,7-10H2,1-2H3. The summed E-state index contributed by atoms with van der Waals surface area (Å²) in [5, 5.41) is 8.48. The molecule has 14 heavy (non-hydrogen) atoms. The molecule has 0 atom stereocenters. The van der Waals surface area contributed by atoms with Gasteiger partial charge in [-0.1, -0.05) is 0 Å². The Morgan fingerprint density at radius 3 is 2.50 bits per heavy atom. The van der Waals surface area contributed by atoms with E-state index in [0.29, 0.717) is 6.42 Å². The van der Waals surface area contributed by atoms with E-state index in [0.717, 1.165) is 12.5 Å². The molecular weight excluding hydrogens is 174 g/mol. The number of rotatable bonds is 4. The van der Waals surface area contributed by atoms with Crippen molar-refractivity contribution in [2.45, 2.75) is 19.3 Å². The van der Waals surface area contributed by atoms with Crippen LogP contribution < -0.4 is 0 Å². The monoisotopic (exact) mass is 195 g/mol. The molecule has 0 saturated carbocycles. The van der Waals surface area contributed by atoms with Crippen LogP contribution in [0.1, 0.15) is 19.3 Å². The van der Waals surface area contributed by atoms with Gasteiger partial charge in [0.05, 0.1) is 6.07 Å². The van der Waals surface area contributed by atoms with E-state index in [1.54, 1.807) is 0 Å². The van der Waals surface area contributed by atoms with Crippen LogP contribution in [0.5, 0.6) is 0 Å². The van der Waals surface area contributed by atoms with Crippen molar-refractivity contribution < 1.29 is 0 Å². The second kappa shape index (κ2) is 6.00. The van der Waals surface area contributed by atoms with Crippen LogP contribution in [0.15, 0.2) is 0 Å². The maximum Gasteiger partial charge on any atom is 0.0635 e. The number of nitriles is 1. The minimum atomic E-state index is 0.679. The van der Waals surface area contributed by atoms with Crippen LogP contribution in [-0.4, -0.2) is 50.1 Å². The third-order valence-corrected chi connectivity index (χ3v) is 2.87. The van der Waals surface area contributed by atoms with Crippen molar-refractivity contribution in [1.82, 2.24) is 9.80 Å². The summed E-state index contributed by atoms with van der Waals surface area (Å²) in [6.45, 7) is 4.54. The van der Waals surface area contributed by atoms with Gasteiger partial charge < -0.3 is 9.80 Å². The van der Waals surface area contributed by atoms with E-state index in [2.05, 4.69) is 30.0 Å². The zero-order valence-corrected chi connectivity index (χ0v) is 9.37. The van der Waals surface area contributed by atoms with Crippen LogP contribution in [0.25, 0.3) is 0 Å². The van der Waals surface area contributed by atoms with Crippen molar-refractivity contribution in [3.8, 4) is 6.07 Å². The Morgan fingerprint density at radius 2 is 2.00 bits per heavy atom. The predicted molar refractivity (Wildman–Crippen MR) is 57.9 cm³/mol. The van der Waals surface area contributed by atoms with E-state index in [-0.39, 0.29) is 0 Å². The highest BCUT2D eigenvalue weighted by molar-refractivity contribution is 4.77. The molecule has 1 saturated heterocycles. The van der Waals surface area contributed by atoms with Gasteiger partial charge in [0, 0.05) is 19.5 Å². The lowest BCUT2D eigenvalue weighted by molar-refractivity contribution is 0.165. The molecule has 0 radical (unpaired) electrons. The minimum Gasteiger partial charge on any atom is -0.309 e. The maximum atomic E-state index is 8.48. The van der Waals surface area contributed by atoms with E-state index in [1.165, 1.54) is 32.5 Å². The largest absolute Gasteiger partial charge is 0.309 e. The van der Waals surface area contributed by atoms with Crippen molar-refractivity contribution in [1.29, 1.82) is 5.26 Å². The first kappa shape index (κ1) is 11.5. The lowest BCUT2D eigenvalue weighted by atomic mass is 9.96. The average molecular weight is 195 g/mol. The molecule has 0 aromatic rings. The molecule has 1 aliphatic heterocycles. The molecule has 0 bridgehead atoms. The lowest BCUT2D eigenvalue weighted by Gasteiger charge is -2.32. The van der Waals surface area contributed by atoms with Gasteiger partial charge in [0.15, 0.2) is 0 Å². The van der Waals surface area contributed by atoms with Crippen molar-refractivity contribution >= 4 is 0 Å². The smallest absolute Gasteiger partial charge is 0.0635 e. The normalized spacial score (nSPS) is 19.9. The molecule has 3 heteroatoms. The van der Waals surface area contributed by atoms with E-state index < -0.39 is 0 Å². The molecule has 0 unspecified atom stereocenters. The predicted octanol–water partition coefficient (Wildman–Crippen LogP) is 1.17. The summed E-state index contributed by atoms with van der Waals surface area (Å²) in [6.07, 6.45) is 3.27. The number of nitrogens with zero attached hydrogens (tertiary/aromatic N) is 3. The highest BCUT2D eigenvalue weighted by atomic mass is 15.1. The van der Waals surface area contributed by atoms with Gasteiger partial charge in [0.2, 0.25) is 0 Å². The summed E-state index contributed by atoms with van der Waals surface area (Å²) >= 11 is 0. The van der Waals surface area contributed by atoms with Crippen molar-refractivity contribution in [2.75, 3.05) is 40.3 Å². The average Bonchev–Trinajstić information content (AvgIpc) is 2.16. The lowest BCUT2D eigenvalue weighted by Crippen LogP contribution is -2.37. The summed E-state index contributed by atoms with van der Waals surface area (Å²) < 4.78 is 0. The van der Waals surface area contributed by atoms with Crippen molar-refractivity contribution in [3.05, 3.63) is 0 Å². The summed E-state index contributed by atoms with van der Waals surface area (Å²) in [6, 6.07) is 2.21. The van der Waals surface area contributed by atoms with Crippen LogP contribution in [0.3, 0.4) is 0 Å². The van der Waals surface area contributed by atoms with Gasteiger partial charge in [0.25, 0.3) is 0 Å². The summed E-state index contributed by atoms with van der Waals surface area (Å²) in [5.41, 5.74) is 0. The Hall–Kier alpha value is -0.590. The molecule has 0 aromatic heterocycles. The number of piperidine rings is 1. The van der Waals surface area contributed by atoms with Crippen molar-refractivity contribution in [3.63, 3.8) is 0 Å². The Balaban J connectivity index is 2.15. The maximum absolute atomic E-state index is 8.48. The van der Waals surface area contributed by atoms with Crippen LogP contribution >= 0.6 is 0 Å². The second-order valence-electron chi connectivity index (χ2n) is 4.46. The van der Waals surface area contributed by atoms with Gasteiger partial charge in [-0.05, 0) is 45.9 Å². The summed E-state index contributed by atoms with van der Waals surface area (Å²) in [5.74, 6) is 0.864. The van der Waals surface area contributed by atoms with E-state index in [1.807, 2.05) is 0 Å². The third-order valence-electron chi connectivity index (χ3n) is 2.87. The Bertz CT molecular complexity index is 187. The van der Waals surface area contributed by atoms with E-state index >= 15 is 0 Å². The molecule has 0 amide bonds. The minimum absolute atomic E-state index is 0.679. The highest BCUT2D eigenvalue weighted by Gasteiger charge is 2.18. The van der Waals surface area contributed by atoms with Gasteiger partial charge in [-0.25, -0.2) is 0 Å². The van der Waals surface area contributed by atoms with Gasteiger partial charge in [-0.2, -0.15) is 5.26 Å². The molecule has 0 N–H and O–H groups in total. The van der Waals surface area contributed by atoms with Crippen LogP contribution in [0.2, 0.25) is 0 Å². The van der Waals surface area contributed by atoms with E-state index in [9.17, 15) is 0 Å². The SMILES string of the molecule is CN(C)CC1CCN(CCC#N)CC1. The molecule has 0 aliphatic carbocycles. The molecule has 1 aliphatic rings. The molecule has 1 heterocycles. The Kier molecular flexibility index (Phi) is 4.92. The zero-order chi connectivity index (χ0) is 10.4. The van der Waals surface area contributed by atoms with Crippen LogP contribution in [0.4, 0.5) is 0 Å². The fourth-order valence-electron chi connectivity index (χ4n) is 2.12. The first-order chi connectivity index (χ1) is 6.72. The Morgan fingerprint density at radius 1 is 1.36 bits per heavy atom. The van der Waals surface area contributed by atoms with Gasteiger partial charge in [-0.3, -0.25) is 0 Å². The molecule has 0 spiro atoms.